The fraction of sp³-hybridized carbons (Fsp3) is 0.391. The molecule has 4 heteroatoms. The summed E-state index contributed by atoms with van der Waals surface area (Å²) in [5.41, 5.74) is 3.80. The van der Waals surface area contributed by atoms with E-state index in [0.29, 0.717) is 17.8 Å². The van der Waals surface area contributed by atoms with Crippen molar-refractivity contribution in [1.29, 1.82) is 0 Å². The van der Waals surface area contributed by atoms with Gasteiger partial charge in [0.2, 0.25) is 5.91 Å². The first-order chi connectivity index (χ1) is 13.0. The summed E-state index contributed by atoms with van der Waals surface area (Å²) < 4.78 is 0. The first-order valence-corrected chi connectivity index (χ1v) is 9.72. The zero-order chi connectivity index (χ0) is 19.3. The Balaban J connectivity index is 1.76. The number of benzene rings is 2. The number of carbonyl (C=O) groups excluding carboxylic acids is 2. The minimum absolute atomic E-state index is 0.00910. The Morgan fingerprint density at radius 1 is 1.00 bits per heavy atom. The number of hydrogen-bond donors (Lipinski definition) is 2. The highest BCUT2D eigenvalue weighted by atomic mass is 16.2. The normalized spacial score (nSPS) is 15.8. The van der Waals surface area contributed by atoms with Gasteiger partial charge in [0.15, 0.2) is 0 Å². The maximum Gasteiger partial charge on any atom is 0.251 e. The quantitative estimate of drug-likeness (QED) is 0.815. The van der Waals surface area contributed by atoms with Gasteiger partial charge in [-0.05, 0) is 43.5 Å². The molecule has 2 aromatic rings. The molecule has 2 N–H and O–H groups in total. The molecule has 0 radical (unpaired) electrons. The highest BCUT2D eigenvalue weighted by molar-refractivity contribution is 5.96. The Morgan fingerprint density at radius 2 is 1.74 bits per heavy atom. The van der Waals surface area contributed by atoms with E-state index in [0.717, 1.165) is 12.8 Å². The third-order valence-corrected chi connectivity index (χ3v) is 5.47. The molecule has 1 saturated carbocycles. The number of amides is 2. The van der Waals surface area contributed by atoms with Crippen LogP contribution < -0.4 is 10.6 Å². The maximum atomic E-state index is 12.7. The van der Waals surface area contributed by atoms with Gasteiger partial charge >= 0.3 is 0 Å². The molecule has 2 aromatic carbocycles. The molecule has 1 fully saturated rings. The van der Waals surface area contributed by atoms with Gasteiger partial charge in [-0.2, -0.15) is 0 Å². The van der Waals surface area contributed by atoms with Crippen LogP contribution in [0.25, 0.3) is 0 Å². The van der Waals surface area contributed by atoms with Crippen molar-refractivity contribution in [1.82, 2.24) is 5.32 Å². The van der Waals surface area contributed by atoms with E-state index < -0.39 is 0 Å². The van der Waals surface area contributed by atoms with Crippen LogP contribution in [-0.4, -0.2) is 18.4 Å². The van der Waals surface area contributed by atoms with Crippen molar-refractivity contribution in [2.24, 2.45) is 0 Å². The highest BCUT2D eigenvalue weighted by Gasteiger charge is 2.34. The Bertz CT molecular complexity index is 823. The van der Waals surface area contributed by atoms with Gasteiger partial charge in [0.05, 0.1) is 0 Å². The minimum Gasteiger partial charge on any atom is -0.351 e. The molecule has 2 amide bonds. The van der Waals surface area contributed by atoms with E-state index in [1.165, 1.54) is 37.3 Å². The van der Waals surface area contributed by atoms with Crippen LogP contribution >= 0.6 is 0 Å². The molecule has 0 saturated heterocycles. The van der Waals surface area contributed by atoms with Gasteiger partial charge in [-0.25, -0.2) is 0 Å². The summed E-state index contributed by atoms with van der Waals surface area (Å²) in [6.45, 7) is 4.22. The number of hydrogen-bond acceptors (Lipinski definition) is 2. The smallest absolute Gasteiger partial charge is 0.251 e. The van der Waals surface area contributed by atoms with Gasteiger partial charge < -0.3 is 10.6 Å². The average molecular weight is 364 g/mol. The largest absolute Gasteiger partial charge is 0.351 e. The van der Waals surface area contributed by atoms with Gasteiger partial charge in [0, 0.05) is 30.1 Å². The third kappa shape index (κ3) is 4.76. The standard InChI is InChI=1S/C23H28N2O2/c1-17-8-6-10-20(14-17)23(12-4-3-5-13-23)16-24-22(27)19-9-7-11-21(15-19)25-18(2)26/h6-11,14-15H,3-5,12-13,16H2,1-2H3,(H,24,27)(H,25,26). The fourth-order valence-electron chi connectivity index (χ4n) is 4.06. The summed E-state index contributed by atoms with van der Waals surface area (Å²) in [5.74, 6) is -0.243. The van der Waals surface area contributed by atoms with Crippen LogP contribution in [0.3, 0.4) is 0 Å². The van der Waals surface area contributed by atoms with Gasteiger partial charge in [-0.1, -0.05) is 55.2 Å². The van der Waals surface area contributed by atoms with Crippen molar-refractivity contribution < 1.29 is 9.59 Å². The molecule has 0 heterocycles. The number of nitrogens with one attached hydrogen (secondary N) is 2. The fourth-order valence-corrected chi connectivity index (χ4v) is 4.06. The molecule has 0 aliphatic heterocycles. The Morgan fingerprint density at radius 3 is 2.44 bits per heavy atom. The molecule has 3 rings (SSSR count). The van der Waals surface area contributed by atoms with Crippen LogP contribution in [0.15, 0.2) is 48.5 Å². The van der Waals surface area contributed by atoms with Crippen molar-refractivity contribution in [3.05, 3.63) is 65.2 Å². The van der Waals surface area contributed by atoms with E-state index in [1.807, 2.05) is 0 Å². The minimum atomic E-state index is -0.145. The zero-order valence-electron chi connectivity index (χ0n) is 16.2. The summed E-state index contributed by atoms with van der Waals surface area (Å²) in [6, 6.07) is 15.8. The molecule has 0 spiro atoms. The predicted molar refractivity (Wildman–Crippen MR) is 109 cm³/mol. The van der Waals surface area contributed by atoms with E-state index in [2.05, 4.69) is 41.8 Å². The molecule has 0 atom stereocenters. The maximum absolute atomic E-state index is 12.7. The number of carbonyl (C=O) groups is 2. The van der Waals surface area contributed by atoms with Crippen LogP contribution in [0.1, 0.15) is 60.5 Å². The second kappa shape index (κ2) is 8.38. The first-order valence-electron chi connectivity index (χ1n) is 9.72. The van der Waals surface area contributed by atoms with E-state index in [4.69, 9.17) is 0 Å². The van der Waals surface area contributed by atoms with Crippen molar-refractivity contribution in [2.75, 3.05) is 11.9 Å². The lowest BCUT2D eigenvalue weighted by molar-refractivity contribution is -0.114. The lowest BCUT2D eigenvalue weighted by Gasteiger charge is -2.38. The number of aryl methyl sites for hydroxylation is 1. The Labute approximate surface area is 161 Å². The molecule has 0 bridgehead atoms. The second-order valence-electron chi connectivity index (χ2n) is 7.66. The van der Waals surface area contributed by atoms with Gasteiger partial charge in [-0.15, -0.1) is 0 Å². The second-order valence-corrected chi connectivity index (χ2v) is 7.66. The number of anilines is 1. The van der Waals surface area contributed by atoms with E-state index in [-0.39, 0.29) is 17.2 Å². The Hall–Kier alpha value is -2.62. The molecule has 1 aliphatic carbocycles. The van der Waals surface area contributed by atoms with Crippen LogP contribution in [0.4, 0.5) is 5.69 Å². The van der Waals surface area contributed by atoms with Gasteiger partial charge in [-0.3, -0.25) is 9.59 Å². The monoisotopic (exact) mass is 364 g/mol. The zero-order valence-corrected chi connectivity index (χ0v) is 16.2. The summed E-state index contributed by atoms with van der Waals surface area (Å²) in [6.07, 6.45) is 5.86. The van der Waals surface area contributed by atoms with Crippen LogP contribution in [0.5, 0.6) is 0 Å². The predicted octanol–water partition coefficient (Wildman–Crippen LogP) is 4.59. The molecule has 0 unspecified atom stereocenters. The van der Waals surface area contributed by atoms with Crippen molar-refractivity contribution in [3.8, 4) is 0 Å². The third-order valence-electron chi connectivity index (χ3n) is 5.47. The molecule has 142 valence electrons. The van der Waals surface area contributed by atoms with Crippen LogP contribution in [0.2, 0.25) is 0 Å². The van der Waals surface area contributed by atoms with E-state index in [1.54, 1.807) is 24.3 Å². The number of rotatable bonds is 5. The van der Waals surface area contributed by atoms with E-state index in [9.17, 15) is 9.59 Å². The molecule has 27 heavy (non-hydrogen) atoms. The Kier molecular flexibility index (Phi) is 5.94. The molecule has 4 nitrogen and oxygen atoms in total. The molecular weight excluding hydrogens is 336 g/mol. The summed E-state index contributed by atoms with van der Waals surface area (Å²) in [4.78, 5) is 24.0. The topological polar surface area (TPSA) is 58.2 Å². The summed E-state index contributed by atoms with van der Waals surface area (Å²) in [7, 11) is 0. The van der Waals surface area contributed by atoms with E-state index >= 15 is 0 Å². The first kappa shape index (κ1) is 19.2. The highest BCUT2D eigenvalue weighted by Crippen LogP contribution is 2.39. The lowest BCUT2D eigenvalue weighted by atomic mass is 9.69. The lowest BCUT2D eigenvalue weighted by Crippen LogP contribution is -2.42. The average Bonchev–Trinajstić information content (AvgIpc) is 2.66. The molecule has 0 aromatic heterocycles. The van der Waals surface area contributed by atoms with Crippen molar-refractivity contribution >= 4 is 17.5 Å². The van der Waals surface area contributed by atoms with Crippen molar-refractivity contribution in [3.63, 3.8) is 0 Å². The summed E-state index contributed by atoms with van der Waals surface area (Å²) >= 11 is 0. The van der Waals surface area contributed by atoms with Crippen molar-refractivity contribution in [2.45, 2.75) is 51.4 Å². The molecule has 1 aliphatic rings. The SMILES string of the molecule is CC(=O)Nc1cccc(C(=O)NCC2(c3cccc(C)c3)CCCCC2)c1. The van der Waals surface area contributed by atoms with Crippen LogP contribution in [-0.2, 0) is 10.2 Å². The van der Waals surface area contributed by atoms with Gasteiger partial charge in [0.25, 0.3) is 5.91 Å². The van der Waals surface area contributed by atoms with Gasteiger partial charge in [0.1, 0.15) is 0 Å². The summed E-state index contributed by atoms with van der Waals surface area (Å²) in [5, 5.41) is 5.88. The molecular formula is C23H28N2O2. The van der Waals surface area contributed by atoms with Crippen LogP contribution in [0, 0.1) is 6.92 Å².